The molecule has 1 fully saturated rings. The van der Waals surface area contributed by atoms with Crippen molar-refractivity contribution >= 4 is 28.4 Å². The number of rotatable bonds is 3. The summed E-state index contributed by atoms with van der Waals surface area (Å²) in [7, 11) is 1.83. The summed E-state index contributed by atoms with van der Waals surface area (Å²) < 4.78 is 7.61. The van der Waals surface area contributed by atoms with Crippen LogP contribution in [0.4, 0.5) is 0 Å². The van der Waals surface area contributed by atoms with Crippen molar-refractivity contribution in [1.82, 2.24) is 20.1 Å². The van der Waals surface area contributed by atoms with Gasteiger partial charge < -0.3 is 10.1 Å². The van der Waals surface area contributed by atoms with E-state index in [4.69, 9.17) is 16.3 Å². The predicted octanol–water partition coefficient (Wildman–Crippen LogP) is 1.53. The Morgan fingerprint density at radius 2 is 2.40 bits per heavy atom. The van der Waals surface area contributed by atoms with E-state index in [2.05, 4.69) is 15.4 Å². The van der Waals surface area contributed by atoms with Gasteiger partial charge in [0.1, 0.15) is 16.8 Å². The first kappa shape index (κ1) is 13.2. The van der Waals surface area contributed by atoms with Crippen LogP contribution in [0.3, 0.4) is 0 Å². The van der Waals surface area contributed by atoms with Crippen molar-refractivity contribution in [2.45, 2.75) is 19.4 Å². The summed E-state index contributed by atoms with van der Waals surface area (Å²) in [6.45, 7) is 2.58. The van der Waals surface area contributed by atoms with Crippen LogP contribution < -0.4 is 10.1 Å². The lowest BCUT2D eigenvalue weighted by molar-refractivity contribution is -0.119. The predicted molar refractivity (Wildman–Crippen MR) is 74.7 cm³/mol. The first-order valence-corrected chi connectivity index (χ1v) is 6.84. The molecule has 3 heterocycles. The maximum absolute atomic E-state index is 11.3. The monoisotopic (exact) mass is 294 g/mol. The van der Waals surface area contributed by atoms with Crippen molar-refractivity contribution in [2.75, 3.05) is 6.54 Å². The normalized spacial score (nSPS) is 20.1. The minimum atomic E-state index is -0.122. The summed E-state index contributed by atoms with van der Waals surface area (Å²) in [4.78, 5) is 15.5. The van der Waals surface area contributed by atoms with E-state index in [1.807, 2.05) is 20.2 Å². The Hall–Kier alpha value is -1.82. The molecule has 1 amide bonds. The highest BCUT2D eigenvalue weighted by Gasteiger charge is 2.28. The van der Waals surface area contributed by atoms with Crippen LogP contribution in [-0.4, -0.2) is 33.3 Å². The number of nitrogens with zero attached hydrogens (tertiary/aromatic N) is 3. The number of nitrogens with one attached hydrogen (secondary N) is 1. The van der Waals surface area contributed by atoms with E-state index in [1.165, 1.54) is 0 Å². The Bertz CT molecular complexity index is 670. The summed E-state index contributed by atoms with van der Waals surface area (Å²) in [6.07, 6.45) is 2.21. The number of aromatic nitrogens is 3. The maximum atomic E-state index is 11.3. The lowest BCUT2D eigenvalue weighted by atomic mass is 10.0. The van der Waals surface area contributed by atoms with E-state index in [0.717, 1.165) is 10.9 Å². The quantitative estimate of drug-likeness (QED) is 0.872. The van der Waals surface area contributed by atoms with Crippen molar-refractivity contribution in [3.05, 3.63) is 17.4 Å². The van der Waals surface area contributed by atoms with E-state index < -0.39 is 0 Å². The number of amides is 1. The zero-order chi connectivity index (χ0) is 14.3. The average molecular weight is 295 g/mol. The third-order valence-corrected chi connectivity index (χ3v) is 3.72. The van der Waals surface area contributed by atoms with E-state index in [-0.39, 0.29) is 17.9 Å². The number of fused-ring (bicyclic) bond motifs is 1. The molecule has 20 heavy (non-hydrogen) atoms. The second kappa shape index (κ2) is 4.94. The van der Waals surface area contributed by atoms with Gasteiger partial charge in [-0.15, -0.1) is 0 Å². The number of halogens is 1. The summed E-state index contributed by atoms with van der Waals surface area (Å²) in [5.41, 5.74) is 0.746. The summed E-state index contributed by atoms with van der Waals surface area (Å²) >= 11 is 5.99. The first-order valence-electron chi connectivity index (χ1n) is 6.46. The second-order valence-electron chi connectivity index (χ2n) is 5.08. The zero-order valence-electron chi connectivity index (χ0n) is 11.3. The first-order chi connectivity index (χ1) is 9.52. The van der Waals surface area contributed by atoms with Gasteiger partial charge in [0.15, 0.2) is 0 Å². The topological polar surface area (TPSA) is 69.0 Å². The molecule has 2 atom stereocenters. The van der Waals surface area contributed by atoms with Gasteiger partial charge in [-0.25, -0.2) is 4.98 Å². The molecule has 1 N–H and O–H groups in total. The Morgan fingerprint density at radius 1 is 1.60 bits per heavy atom. The van der Waals surface area contributed by atoms with Crippen LogP contribution in [0.1, 0.15) is 13.3 Å². The van der Waals surface area contributed by atoms with Gasteiger partial charge in [0.25, 0.3) is 0 Å². The van der Waals surface area contributed by atoms with E-state index >= 15 is 0 Å². The van der Waals surface area contributed by atoms with Crippen LogP contribution in [0.25, 0.3) is 10.9 Å². The van der Waals surface area contributed by atoms with E-state index in [0.29, 0.717) is 24.0 Å². The molecular formula is C13H15ClN4O2. The van der Waals surface area contributed by atoms with Crippen molar-refractivity contribution in [1.29, 1.82) is 0 Å². The maximum Gasteiger partial charge on any atom is 0.226 e. The Labute approximate surface area is 121 Å². The fourth-order valence-electron chi connectivity index (χ4n) is 2.40. The number of hydrogen-bond acceptors (Lipinski definition) is 4. The smallest absolute Gasteiger partial charge is 0.226 e. The van der Waals surface area contributed by atoms with Crippen molar-refractivity contribution < 1.29 is 9.53 Å². The largest absolute Gasteiger partial charge is 0.474 e. The van der Waals surface area contributed by atoms with Crippen LogP contribution in [0.2, 0.25) is 5.15 Å². The number of carbonyl (C=O) groups is 1. The molecule has 2 aromatic rings. The van der Waals surface area contributed by atoms with Crippen LogP contribution in [0, 0.1) is 5.92 Å². The van der Waals surface area contributed by atoms with Gasteiger partial charge in [0.05, 0.1) is 5.39 Å². The number of aryl methyl sites for hydroxylation is 1. The molecule has 106 valence electrons. The molecule has 0 radical (unpaired) electrons. The van der Waals surface area contributed by atoms with Crippen molar-refractivity contribution in [3.8, 4) is 5.88 Å². The molecule has 0 bridgehead atoms. The standard InChI is InChI=1S/C13H15ClN4O2/c1-7(8-3-12(19)15-5-8)20-13-9-6-18(2)17-10(9)4-11(14)16-13/h4,6-8H,3,5H2,1-2H3,(H,15,19)/t7-,8-/m1/s1. The zero-order valence-corrected chi connectivity index (χ0v) is 12.0. The number of ether oxygens (including phenoxy) is 1. The Kier molecular flexibility index (Phi) is 3.25. The number of hydrogen-bond donors (Lipinski definition) is 1. The molecule has 1 saturated heterocycles. The molecule has 1 aliphatic heterocycles. The van der Waals surface area contributed by atoms with E-state index in [9.17, 15) is 4.79 Å². The minimum Gasteiger partial charge on any atom is -0.474 e. The lowest BCUT2D eigenvalue weighted by Gasteiger charge is -2.19. The highest BCUT2D eigenvalue weighted by molar-refractivity contribution is 6.30. The minimum absolute atomic E-state index is 0.0658. The molecule has 0 unspecified atom stereocenters. The fraction of sp³-hybridized carbons (Fsp3) is 0.462. The van der Waals surface area contributed by atoms with Gasteiger partial charge in [0.2, 0.25) is 11.8 Å². The molecular weight excluding hydrogens is 280 g/mol. The van der Waals surface area contributed by atoms with Crippen LogP contribution >= 0.6 is 11.6 Å². The van der Waals surface area contributed by atoms with Crippen LogP contribution in [0.15, 0.2) is 12.3 Å². The Balaban J connectivity index is 1.88. The van der Waals surface area contributed by atoms with Gasteiger partial charge >= 0.3 is 0 Å². The number of pyridine rings is 1. The third-order valence-electron chi connectivity index (χ3n) is 3.52. The van der Waals surface area contributed by atoms with E-state index in [1.54, 1.807) is 10.7 Å². The van der Waals surface area contributed by atoms with Gasteiger partial charge in [-0.05, 0) is 6.92 Å². The van der Waals surface area contributed by atoms with Crippen LogP contribution in [-0.2, 0) is 11.8 Å². The molecule has 7 heteroatoms. The molecule has 1 aliphatic rings. The molecule has 2 aromatic heterocycles. The molecule has 3 rings (SSSR count). The molecule has 0 aliphatic carbocycles. The summed E-state index contributed by atoms with van der Waals surface area (Å²) in [5.74, 6) is 0.679. The molecule has 6 nitrogen and oxygen atoms in total. The SMILES string of the molecule is C[C@@H](Oc1nc(Cl)cc2nn(C)cc12)[C@H]1CNC(=O)C1. The van der Waals surface area contributed by atoms with Crippen LogP contribution in [0.5, 0.6) is 5.88 Å². The third kappa shape index (κ3) is 2.43. The van der Waals surface area contributed by atoms with Gasteiger partial charge in [-0.3, -0.25) is 9.48 Å². The lowest BCUT2D eigenvalue weighted by Crippen LogP contribution is -2.26. The molecule has 0 aromatic carbocycles. The highest BCUT2D eigenvalue weighted by atomic mass is 35.5. The molecule has 0 spiro atoms. The van der Waals surface area contributed by atoms with Crippen molar-refractivity contribution in [3.63, 3.8) is 0 Å². The fourth-order valence-corrected chi connectivity index (χ4v) is 2.58. The second-order valence-corrected chi connectivity index (χ2v) is 5.46. The van der Waals surface area contributed by atoms with Gasteiger partial charge in [-0.2, -0.15) is 5.10 Å². The highest BCUT2D eigenvalue weighted by Crippen LogP contribution is 2.28. The summed E-state index contributed by atoms with van der Waals surface area (Å²) in [6, 6.07) is 1.70. The number of carbonyl (C=O) groups excluding carboxylic acids is 1. The van der Waals surface area contributed by atoms with Gasteiger partial charge in [-0.1, -0.05) is 11.6 Å². The van der Waals surface area contributed by atoms with Gasteiger partial charge in [0, 0.05) is 38.2 Å². The average Bonchev–Trinajstić information content (AvgIpc) is 2.94. The molecule has 0 saturated carbocycles. The van der Waals surface area contributed by atoms with Crippen molar-refractivity contribution in [2.24, 2.45) is 13.0 Å². The summed E-state index contributed by atoms with van der Waals surface area (Å²) in [5, 5.41) is 8.27. The Morgan fingerprint density at radius 3 is 3.10 bits per heavy atom.